The molecule has 2 aromatic rings. The SMILES string of the molecule is Cc1cccc(N2CCC(NC(=O)Nc3cccc(Cl)c3C)C2)c1. The quantitative estimate of drug-likeness (QED) is 0.869. The van der Waals surface area contributed by atoms with Gasteiger partial charge in [0.25, 0.3) is 0 Å². The Morgan fingerprint density at radius 2 is 2.00 bits per heavy atom. The summed E-state index contributed by atoms with van der Waals surface area (Å²) in [5, 5.41) is 6.59. The van der Waals surface area contributed by atoms with E-state index in [1.54, 1.807) is 0 Å². The third-order valence-corrected chi connectivity index (χ3v) is 4.82. The van der Waals surface area contributed by atoms with Gasteiger partial charge in [0, 0.05) is 35.5 Å². The molecule has 4 nitrogen and oxygen atoms in total. The van der Waals surface area contributed by atoms with Crippen LogP contribution in [0.1, 0.15) is 17.5 Å². The van der Waals surface area contributed by atoms with Gasteiger partial charge in [0.15, 0.2) is 0 Å². The second kappa shape index (κ2) is 7.14. The first-order valence-electron chi connectivity index (χ1n) is 8.17. The number of benzene rings is 2. The molecule has 1 fully saturated rings. The molecule has 0 spiro atoms. The highest BCUT2D eigenvalue weighted by atomic mass is 35.5. The van der Waals surface area contributed by atoms with E-state index in [4.69, 9.17) is 11.6 Å². The number of amides is 2. The number of rotatable bonds is 3. The van der Waals surface area contributed by atoms with Crippen LogP contribution < -0.4 is 15.5 Å². The van der Waals surface area contributed by atoms with Crippen molar-refractivity contribution in [1.29, 1.82) is 0 Å². The zero-order chi connectivity index (χ0) is 17.1. The number of carbonyl (C=O) groups excluding carboxylic acids is 1. The van der Waals surface area contributed by atoms with Crippen LogP contribution in [0, 0.1) is 13.8 Å². The lowest BCUT2D eigenvalue weighted by Gasteiger charge is -2.20. The molecule has 0 radical (unpaired) electrons. The van der Waals surface area contributed by atoms with E-state index >= 15 is 0 Å². The Hall–Kier alpha value is -2.20. The molecule has 24 heavy (non-hydrogen) atoms. The summed E-state index contributed by atoms with van der Waals surface area (Å²) in [6, 6.07) is 13.9. The van der Waals surface area contributed by atoms with Crippen LogP contribution in [0.4, 0.5) is 16.2 Å². The lowest BCUT2D eigenvalue weighted by atomic mass is 10.2. The van der Waals surface area contributed by atoms with Gasteiger partial charge < -0.3 is 15.5 Å². The first kappa shape index (κ1) is 16.7. The molecule has 0 aliphatic carbocycles. The van der Waals surface area contributed by atoms with Gasteiger partial charge in [0.05, 0.1) is 0 Å². The number of anilines is 2. The number of nitrogens with zero attached hydrogens (tertiary/aromatic N) is 1. The molecule has 2 amide bonds. The molecule has 1 atom stereocenters. The number of carbonyl (C=O) groups is 1. The highest BCUT2D eigenvalue weighted by Gasteiger charge is 2.24. The zero-order valence-electron chi connectivity index (χ0n) is 14.0. The summed E-state index contributed by atoms with van der Waals surface area (Å²) < 4.78 is 0. The second-order valence-corrected chi connectivity index (χ2v) is 6.69. The smallest absolute Gasteiger partial charge is 0.319 e. The van der Waals surface area contributed by atoms with Crippen molar-refractivity contribution in [2.24, 2.45) is 0 Å². The van der Waals surface area contributed by atoms with Crippen LogP contribution in [0.15, 0.2) is 42.5 Å². The van der Waals surface area contributed by atoms with Gasteiger partial charge >= 0.3 is 6.03 Å². The van der Waals surface area contributed by atoms with Gasteiger partial charge in [0.2, 0.25) is 0 Å². The molecule has 0 aromatic heterocycles. The van der Waals surface area contributed by atoms with Crippen molar-refractivity contribution in [1.82, 2.24) is 5.32 Å². The monoisotopic (exact) mass is 343 g/mol. The largest absolute Gasteiger partial charge is 0.369 e. The molecule has 1 unspecified atom stereocenters. The topological polar surface area (TPSA) is 44.4 Å². The van der Waals surface area contributed by atoms with Gasteiger partial charge in [-0.25, -0.2) is 4.79 Å². The highest BCUT2D eigenvalue weighted by molar-refractivity contribution is 6.31. The Kier molecular flexibility index (Phi) is 4.95. The zero-order valence-corrected chi connectivity index (χ0v) is 14.7. The predicted octanol–water partition coefficient (Wildman–Crippen LogP) is 4.36. The third kappa shape index (κ3) is 3.82. The standard InChI is InChI=1S/C19H22ClN3O/c1-13-5-3-6-16(11-13)23-10-9-15(12-23)21-19(24)22-18-8-4-7-17(20)14(18)2/h3-8,11,15H,9-10,12H2,1-2H3,(H2,21,22,24). The molecule has 5 heteroatoms. The molecule has 3 rings (SSSR count). The minimum absolute atomic E-state index is 0.144. The van der Waals surface area contributed by atoms with Crippen molar-refractivity contribution in [2.75, 3.05) is 23.3 Å². The summed E-state index contributed by atoms with van der Waals surface area (Å²) in [5.41, 5.74) is 4.08. The minimum atomic E-state index is -0.184. The maximum absolute atomic E-state index is 12.2. The fourth-order valence-corrected chi connectivity index (χ4v) is 3.20. The molecule has 126 valence electrons. The number of urea groups is 1. The first-order chi connectivity index (χ1) is 11.5. The normalized spacial score (nSPS) is 17.0. The molecule has 1 aliphatic heterocycles. The van der Waals surface area contributed by atoms with Gasteiger partial charge in [-0.2, -0.15) is 0 Å². The van der Waals surface area contributed by atoms with Crippen molar-refractivity contribution in [3.63, 3.8) is 0 Å². The Balaban J connectivity index is 1.57. The summed E-state index contributed by atoms with van der Waals surface area (Å²) in [4.78, 5) is 14.6. The van der Waals surface area contributed by atoms with Gasteiger partial charge in [-0.1, -0.05) is 29.8 Å². The van der Waals surface area contributed by atoms with Crippen LogP contribution in [-0.4, -0.2) is 25.2 Å². The minimum Gasteiger partial charge on any atom is -0.369 e. The van der Waals surface area contributed by atoms with Gasteiger partial charge in [0.1, 0.15) is 0 Å². The lowest BCUT2D eigenvalue weighted by molar-refractivity contribution is 0.249. The van der Waals surface area contributed by atoms with Crippen LogP contribution in [0.2, 0.25) is 5.02 Å². The van der Waals surface area contributed by atoms with Crippen LogP contribution in [-0.2, 0) is 0 Å². The Morgan fingerprint density at radius 1 is 1.21 bits per heavy atom. The number of aryl methyl sites for hydroxylation is 1. The predicted molar refractivity (Wildman–Crippen MR) is 100 cm³/mol. The van der Waals surface area contributed by atoms with Crippen LogP contribution >= 0.6 is 11.6 Å². The van der Waals surface area contributed by atoms with E-state index in [9.17, 15) is 4.79 Å². The lowest BCUT2D eigenvalue weighted by Crippen LogP contribution is -2.39. The molecular weight excluding hydrogens is 322 g/mol. The third-order valence-electron chi connectivity index (χ3n) is 4.41. The maximum atomic E-state index is 12.2. The molecule has 2 aromatic carbocycles. The van der Waals surface area contributed by atoms with Gasteiger partial charge in [-0.3, -0.25) is 0 Å². The molecule has 2 N–H and O–H groups in total. The van der Waals surface area contributed by atoms with Crippen molar-refractivity contribution in [3.8, 4) is 0 Å². The van der Waals surface area contributed by atoms with Crippen molar-refractivity contribution >= 4 is 29.0 Å². The summed E-state index contributed by atoms with van der Waals surface area (Å²) in [6.45, 7) is 5.76. The van der Waals surface area contributed by atoms with Gasteiger partial charge in [-0.15, -0.1) is 0 Å². The fraction of sp³-hybridized carbons (Fsp3) is 0.316. The number of nitrogens with one attached hydrogen (secondary N) is 2. The molecule has 1 heterocycles. The van der Waals surface area contributed by atoms with Crippen LogP contribution in [0.3, 0.4) is 0 Å². The summed E-state index contributed by atoms with van der Waals surface area (Å²) in [6.07, 6.45) is 0.940. The summed E-state index contributed by atoms with van der Waals surface area (Å²) in [5.74, 6) is 0. The van der Waals surface area contributed by atoms with Crippen molar-refractivity contribution < 1.29 is 4.79 Å². The fourth-order valence-electron chi connectivity index (χ4n) is 3.02. The van der Waals surface area contributed by atoms with Crippen LogP contribution in [0.5, 0.6) is 0 Å². The van der Waals surface area contributed by atoms with Crippen molar-refractivity contribution in [3.05, 3.63) is 58.6 Å². The molecule has 0 bridgehead atoms. The van der Waals surface area contributed by atoms with E-state index in [-0.39, 0.29) is 12.1 Å². The number of hydrogen-bond donors (Lipinski definition) is 2. The average Bonchev–Trinajstić information content (AvgIpc) is 3.00. The summed E-state index contributed by atoms with van der Waals surface area (Å²) >= 11 is 6.09. The molecular formula is C19H22ClN3O. The Bertz CT molecular complexity index is 747. The van der Waals surface area contributed by atoms with E-state index in [2.05, 4.69) is 46.7 Å². The summed E-state index contributed by atoms with van der Waals surface area (Å²) in [7, 11) is 0. The van der Waals surface area contributed by atoms with E-state index in [1.165, 1.54) is 11.3 Å². The maximum Gasteiger partial charge on any atom is 0.319 e. The Labute approximate surface area is 147 Å². The number of halogens is 1. The van der Waals surface area contributed by atoms with Gasteiger partial charge in [-0.05, 0) is 55.7 Å². The molecule has 1 aliphatic rings. The molecule has 1 saturated heterocycles. The van der Waals surface area contributed by atoms with E-state index in [0.717, 1.165) is 30.8 Å². The van der Waals surface area contributed by atoms with E-state index in [1.807, 2.05) is 25.1 Å². The van der Waals surface area contributed by atoms with E-state index in [0.29, 0.717) is 5.02 Å². The van der Waals surface area contributed by atoms with Crippen molar-refractivity contribution in [2.45, 2.75) is 26.3 Å². The second-order valence-electron chi connectivity index (χ2n) is 6.28. The Morgan fingerprint density at radius 3 is 2.79 bits per heavy atom. The number of hydrogen-bond acceptors (Lipinski definition) is 2. The highest BCUT2D eigenvalue weighted by Crippen LogP contribution is 2.24. The van der Waals surface area contributed by atoms with Crippen LogP contribution in [0.25, 0.3) is 0 Å². The average molecular weight is 344 g/mol. The van der Waals surface area contributed by atoms with E-state index < -0.39 is 0 Å². The molecule has 0 saturated carbocycles. The first-order valence-corrected chi connectivity index (χ1v) is 8.55.